The fourth-order valence-electron chi connectivity index (χ4n) is 2.18. The third kappa shape index (κ3) is 3.24. The van der Waals surface area contributed by atoms with Gasteiger partial charge in [0.2, 0.25) is 0 Å². The van der Waals surface area contributed by atoms with Crippen LogP contribution >= 0.6 is 11.6 Å². The first-order valence-electron chi connectivity index (χ1n) is 6.74. The quantitative estimate of drug-likeness (QED) is 0.743. The van der Waals surface area contributed by atoms with Crippen molar-refractivity contribution in [2.45, 2.75) is 0 Å². The van der Waals surface area contributed by atoms with Crippen LogP contribution in [-0.4, -0.2) is 10.5 Å². The molecule has 116 valence electrons. The molecule has 3 rings (SSSR count). The highest BCUT2D eigenvalue weighted by molar-refractivity contribution is 6.31. The Bertz CT molecular complexity index is 863. The molecule has 0 saturated carbocycles. The van der Waals surface area contributed by atoms with Crippen LogP contribution in [0.1, 0.15) is 10.4 Å². The average Bonchev–Trinajstić information content (AvgIpc) is 3.03. The minimum absolute atomic E-state index is 0.236. The summed E-state index contributed by atoms with van der Waals surface area (Å²) in [5, 5.41) is 3.12. The Kier molecular flexibility index (Phi) is 4.12. The lowest BCUT2D eigenvalue weighted by Crippen LogP contribution is -2.15. The van der Waals surface area contributed by atoms with E-state index in [-0.39, 0.29) is 5.56 Å². The van der Waals surface area contributed by atoms with Gasteiger partial charge in [-0.05, 0) is 42.5 Å². The van der Waals surface area contributed by atoms with Crippen molar-refractivity contribution in [2.24, 2.45) is 0 Å². The summed E-state index contributed by atoms with van der Waals surface area (Å²) < 4.78 is 28.4. The van der Waals surface area contributed by atoms with Gasteiger partial charge in [0.15, 0.2) is 0 Å². The van der Waals surface area contributed by atoms with Crippen LogP contribution < -0.4 is 5.32 Å². The molecule has 0 radical (unpaired) electrons. The van der Waals surface area contributed by atoms with E-state index >= 15 is 0 Å². The summed E-state index contributed by atoms with van der Waals surface area (Å²) in [6.07, 6.45) is 3.58. The number of hydrogen-bond donors (Lipinski definition) is 1. The van der Waals surface area contributed by atoms with Crippen LogP contribution in [0.4, 0.5) is 14.5 Å². The Balaban J connectivity index is 1.95. The lowest BCUT2D eigenvalue weighted by molar-refractivity contribution is 0.102. The molecular formula is C17H11ClF2N2O. The summed E-state index contributed by atoms with van der Waals surface area (Å²) in [7, 11) is 0. The predicted molar refractivity (Wildman–Crippen MR) is 85.1 cm³/mol. The number of benzene rings is 2. The lowest BCUT2D eigenvalue weighted by Gasteiger charge is -2.13. The molecule has 0 bridgehead atoms. The summed E-state index contributed by atoms with van der Waals surface area (Å²) in [5.74, 6) is -2.32. The zero-order valence-electron chi connectivity index (χ0n) is 11.8. The summed E-state index contributed by atoms with van der Waals surface area (Å²) in [6, 6.07) is 11.4. The number of hydrogen-bond acceptors (Lipinski definition) is 1. The van der Waals surface area contributed by atoms with Crippen LogP contribution in [0.25, 0.3) is 5.69 Å². The largest absolute Gasteiger partial charge is 0.322 e. The van der Waals surface area contributed by atoms with Gasteiger partial charge in [-0.15, -0.1) is 0 Å². The van der Waals surface area contributed by atoms with Gasteiger partial charge in [0.05, 0.1) is 16.9 Å². The van der Waals surface area contributed by atoms with E-state index in [0.29, 0.717) is 22.5 Å². The first-order chi connectivity index (χ1) is 11.0. The number of nitrogens with one attached hydrogen (secondary N) is 1. The molecule has 23 heavy (non-hydrogen) atoms. The smallest absolute Gasteiger partial charge is 0.258 e. The Morgan fingerprint density at radius 1 is 1.04 bits per heavy atom. The third-order valence-corrected chi connectivity index (χ3v) is 3.50. The fourth-order valence-corrected chi connectivity index (χ4v) is 2.35. The highest BCUT2D eigenvalue weighted by atomic mass is 35.5. The molecular weight excluding hydrogens is 322 g/mol. The third-order valence-electron chi connectivity index (χ3n) is 3.27. The molecule has 0 aliphatic heterocycles. The van der Waals surface area contributed by atoms with Gasteiger partial charge >= 0.3 is 0 Å². The van der Waals surface area contributed by atoms with Crippen molar-refractivity contribution >= 4 is 23.2 Å². The van der Waals surface area contributed by atoms with Crippen LogP contribution in [0.15, 0.2) is 60.9 Å². The normalized spacial score (nSPS) is 10.6. The molecule has 0 aliphatic carbocycles. The van der Waals surface area contributed by atoms with E-state index in [2.05, 4.69) is 5.32 Å². The standard InChI is InChI=1S/C17H11ClF2N2O/c18-11-3-6-15(16(9-11)22-7-1-2-8-22)21-17(23)13-5-4-12(19)10-14(13)20/h1-10H,(H,21,23). The molecule has 3 aromatic rings. The van der Waals surface area contributed by atoms with Gasteiger partial charge in [-0.1, -0.05) is 11.6 Å². The Morgan fingerprint density at radius 2 is 1.78 bits per heavy atom. The molecule has 0 saturated heterocycles. The summed E-state index contributed by atoms with van der Waals surface area (Å²) in [5.41, 5.74) is 0.859. The van der Waals surface area contributed by atoms with Crippen LogP contribution in [-0.2, 0) is 0 Å². The second kappa shape index (κ2) is 6.22. The van der Waals surface area contributed by atoms with Crippen molar-refractivity contribution in [3.8, 4) is 5.69 Å². The van der Waals surface area contributed by atoms with Gasteiger partial charge in [0.1, 0.15) is 11.6 Å². The topological polar surface area (TPSA) is 34.0 Å². The van der Waals surface area contributed by atoms with Crippen LogP contribution in [0.2, 0.25) is 5.02 Å². The Labute approximate surface area is 136 Å². The molecule has 1 N–H and O–H groups in total. The molecule has 0 atom stereocenters. The SMILES string of the molecule is O=C(Nc1ccc(Cl)cc1-n1cccc1)c1ccc(F)cc1F. The number of carbonyl (C=O) groups is 1. The molecule has 1 amide bonds. The maximum atomic E-state index is 13.7. The van der Waals surface area contributed by atoms with Crippen molar-refractivity contribution in [3.05, 3.63) is 83.1 Å². The van der Waals surface area contributed by atoms with Gasteiger partial charge in [0.25, 0.3) is 5.91 Å². The zero-order valence-corrected chi connectivity index (χ0v) is 12.5. The fraction of sp³-hybridized carbons (Fsp3) is 0. The minimum atomic E-state index is -0.918. The second-order valence-corrected chi connectivity index (χ2v) is 5.27. The van der Waals surface area contributed by atoms with Crippen molar-refractivity contribution < 1.29 is 13.6 Å². The molecule has 0 aliphatic rings. The number of nitrogens with zero attached hydrogens (tertiary/aromatic N) is 1. The molecule has 3 nitrogen and oxygen atoms in total. The van der Waals surface area contributed by atoms with Crippen molar-refractivity contribution in [2.75, 3.05) is 5.32 Å². The highest BCUT2D eigenvalue weighted by Gasteiger charge is 2.15. The molecule has 1 heterocycles. The van der Waals surface area contributed by atoms with Crippen LogP contribution in [0, 0.1) is 11.6 Å². The van der Waals surface area contributed by atoms with Crippen molar-refractivity contribution in [1.29, 1.82) is 0 Å². The minimum Gasteiger partial charge on any atom is -0.322 e. The van der Waals surface area contributed by atoms with Crippen LogP contribution in [0.5, 0.6) is 0 Å². The van der Waals surface area contributed by atoms with Gasteiger partial charge in [-0.25, -0.2) is 8.78 Å². The number of rotatable bonds is 3. The van der Waals surface area contributed by atoms with Gasteiger partial charge in [-0.3, -0.25) is 4.79 Å². The van der Waals surface area contributed by atoms with E-state index in [4.69, 9.17) is 11.6 Å². The number of amides is 1. The summed E-state index contributed by atoms with van der Waals surface area (Å²) >= 11 is 6.00. The number of anilines is 1. The predicted octanol–water partition coefficient (Wildman–Crippen LogP) is 4.66. The van der Waals surface area contributed by atoms with E-state index in [1.54, 1.807) is 35.2 Å². The molecule has 0 spiro atoms. The van der Waals surface area contributed by atoms with Crippen molar-refractivity contribution in [3.63, 3.8) is 0 Å². The van der Waals surface area contributed by atoms with E-state index in [9.17, 15) is 13.6 Å². The maximum Gasteiger partial charge on any atom is 0.258 e. The van der Waals surface area contributed by atoms with Gasteiger partial charge in [0, 0.05) is 23.5 Å². The van der Waals surface area contributed by atoms with Gasteiger partial charge in [-0.2, -0.15) is 0 Å². The van der Waals surface area contributed by atoms with Crippen molar-refractivity contribution in [1.82, 2.24) is 4.57 Å². The second-order valence-electron chi connectivity index (χ2n) is 4.83. The summed E-state index contributed by atoms with van der Waals surface area (Å²) in [6.45, 7) is 0. The molecule has 2 aromatic carbocycles. The van der Waals surface area contributed by atoms with E-state index in [0.717, 1.165) is 12.1 Å². The number of halogens is 3. The summed E-state index contributed by atoms with van der Waals surface area (Å²) in [4.78, 5) is 12.2. The average molecular weight is 333 g/mol. The molecule has 0 unspecified atom stereocenters. The molecule has 1 aromatic heterocycles. The number of carbonyl (C=O) groups excluding carboxylic acids is 1. The monoisotopic (exact) mass is 332 g/mol. The van der Waals surface area contributed by atoms with E-state index in [1.807, 2.05) is 12.1 Å². The first-order valence-corrected chi connectivity index (χ1v) is 7.12. The Hall–Kier alpha value is -2.66. The van der Waals surface area contributed by atoms with Gasteiger partial charge < -0.3 is 9.88 Å². The maximum absolute atomic E-state index is 13.7. The lowest BCUT2D eigenvalue weighted by atomic mass is 10.2. The zero-order chi connectivity index (χ0) is 16.4. The van der Waals surface area contributed by atoms with E-state index in [1.165, 1.54) is 0 Å². The molecule has 6 heteroatoms. The van der Waals surface area contributed by atoms with E-state index < -0.39 is 17.5 Å². The Morgan fingerprint density at radius 3 is 2.48 bits per heavy atom. The highest BCUT2D eigenvalue weighted by Crippen LogP contribution is 2.25. The first kappa shape index (κ1) is 15.2. The molecule has 0 fully saturated rings. The van der Waals surface area contributed by atoms with Crippen LogP contribution in [0.3, 0.4) is 0 Å². The number of aromatic nitrogens is 1.